The maximum atomic E-state index is 10.8. The molecule has 28 heavy (non-hydrogen) atoms. The van der Waals surface area contributed by atoms with Crippen molar-refractivity contribution in [1.29, 1.82) is 0 Å². The minimum atomic E-state index is -1.25. The average molecular weight is 511 g/mol. The smallest absolute Gasteiger partial charge is 0.252 e. The van der Waals surface area contributed by atoms with Crippen molar-refractivity contribution in [3.63, 3.8) is 0 Å². The number of nitrogens with two attached hydrogens (primary N) is 1. The van der Waals surface area contributed by atoms with Crippen LogP contribution in [0.3, 0.4) is 0 Å². The van der Waals surface area contributed by atoms with Crippen molar-refractivity contribution in [2.45, 2.75) is 36.0 Å². The topological polar surface area (TPSA) is 72.2 Å². The number of allylic oxidation sites excluding steroid dienone is 4. The molecule has 0 bridgehead atoms. The highest BCUT2D eigenvalue weighted by Gasteiger charge is 2.37. The molecule has 1 aromatic carbocycles. The van der Waals surface area contributed by atoms with Crippen molar-refractivity contribution in [3.05, 3.63) is 59.7 Å². The van der Waals surface area contributed by atoms with Crippen LogP contribution in [0.2, 0.25) is 0 Å². The largest absolute Gasteiger partial charge is 0.276 e. The molecule has 0 saturated carbocycles. The molecule has 158 valence electrons. The molecule has 0 spiro atoms. The molecule has 0 saturated heterocycles. The molecule has 0 fully saturated rings. The van der Waals surface area contributed by atoms with Crippen LogP contribution in [-0.4, -0.2) is 25.7 Å². The van der Waals surface area contributed by atoms with Gasteiger partial charge in [-0.2, -0.15) is 0 Å². The summed E-state index contributed by atoms with van der Waals surface area (Å²) in [6.07, 6.45) is 4.54. The number of hydrogen-bond acceptors (Lipinski definition) is 4. The molecule has 2 rings (SSSR count). The van der Waals surface area contributed by atoms with Gasteiger partial charge in [0.15, 0.2) is 4.33 Å². The van der Waals surface area contributed by atoms with Gasteiger partial charge in [0.05, 0.1) is 5.38 Å². The summed E-state index contributed by atoms with van der Waals surface area (Å²) in [6, 6.07) is 8.74. The lowest BCUT2D eigenvalue weighted by Crippen LogP contribution is -2.41. The molecule has 1 aliphatic rings. The highest BCUT2D eigenvalue weighted by atomic mass is 35.5. The number of nitrogens with one attached hydrogen (secondary N) is 1. The van der Waals surface area contributed by atoms with Crippen LogP contribution in [-0.2, 0) is 4.79 Å². The summed E-state index contributed by atoms with van der Waals surface area (Å²) >= 11 is 27.7. The van der Waals surface area contributed by atoms with Gasteiger partial charge in [-0.15, -0.1) is 24.0 Å². The summed E-state index contributed by atoms with van der Waals surface area (Å²) in [5.74, 6) is 5.06. The second-order valence-corrected chi connectivity index (χ2v) is 8.89. The van der Waals surface area contributed by atoms with Gasteiger partial charge < -0.3 is 0 Å². The van der Waals surface area contributed by atoms with E-state index in [1.807, 2.05) is 26.8 Å². The van der Waals surface area contributed by atoms with E-state index in [4.69, 9.17) is 63.8 Å². The monoisotopic (exact) mass is 508 g/mol. The Labute approximate surface area is 196 Å². The van der Waals surface area contributed by atoms with Gasteiger partial charge in [0.1, 0.15) is 0 Å². The number of hydrogen-bond donors (Lipinski definition) is 2. The van der Waals surface area contributed by atoms with E-state index in [1.54, 1.807) is 30.3 Å². The molecule has 1 unspecified atom stereocenters. The Morgan fingerprint density at radius 2 is 1.54 bits per heavy atom. The van der Waals surface area contributed by atoms with E-state index in [2.05, 4.69) is 5.43 Å². The lowest BCUT2D eigenvalue weighted by molar-refractivity contribution is -0.108. The van der Waals surface area contributed by atoms with Gasteiger partial charge in [0.2, 0.25) is 5.24 Å². The molecule has 0 radical (unpaired) electrons. The summed E-state index contributed by atoms with van der Waals surface area (Å²) in [5, 5.41) is -1.84. The predicted molar refractivity (Wildman–Crippen MR) is 123 cm³/mol. The number of carbonyl (C=O) groups is 2. The van der Waals surface area contributed by atoms with E-state index in [0.29, 0.717) is 5.56 Å². The second kappa shape index (κ2) is 13.8. The Hall–Kier alpha value is -0.300. The number of rotatable bonds is 2. The zero-order valence-corrected chi connectivity index (χ0v) is 20.0. The molecular formula is C18H22Cl6N2O2. The fourth-order valence-electron chi connectivity index (χ4n) is 1.39. The van der Waals surface area contributed by atoms with Crippen LogP contribution in [0.15, 0.2) is 54.1 Å². The zero-order valence-electron chi connectivity index (χ0n) is 15.4. The molecule has 1 aromatic rings. The predicted octanol–water partition coefficient (Wildman–Crippen LogP) is 5.76. The van der Waals surface area contributed by atoms with Crippen LogP contribution >= 0.6 is 70.4 Å². The highest BCUT2D eigenvalue weighted by Crippen LogP contribution is 2.38. The molecule has 4 nitrogen and oxygen atoms in total. The van der Waals surface area contributed by atoms with Crippen molar-refractivity contribution in [3.8, 4) is 0 Å². The maximum Gasteiger partial charge on any atom is 0.252 e. The fourth-order valence-corrected chi connectivity index (χ4v) is 2.37. The Kier molecular flexibility index (Phi) is 14.8. The standard InChI is InChI=1S/C7H4Cl4O.C7H5ClO.C4H12N2.ClH/c8-5-4(6(9)12)2-1-3-7(5,10)11;8-7(9)6-4-2-1-3-5-6;1-4(2,3)6-5;/h1-3,5H;1-5H;6H,5H2,1-3H3;1H. The minimum absolute atomic E-state index is 0. The maximum absolute atomic E-state index is 10.8. The fraction of sp³-hybridized carbons (Fsp3) is 0.333. The summed E-state index contributed by atoms with van der Waals surface area (Å²) in [4.78, 5) is 21.2. The van der Waals surface area contributed by atoms with Crippen molar-refractivity contribution < 1.29 is 9.59 Å². The lowest BCUT2D eigenvalue weighted by Gasteiger charge is -2.24. The third kappa shape index (κ3) is 12.3. The third-order valence-electron chi connectivity index (χ3n) is 2.87. The van der Waals surface area contributed by atoms with E-state index in [1.165, 1.54) is 12.2 Å². The Morgan fingerprint density at radius 3 is 1.82 bits per heavy atom. The van der Waals surface area contributed by atoms with E-state index >= 15 is 0 Å². The average Bonchev–Trinajstić information content (AvgIpc) is 2.58. The summed E-state index contributed by atoms with van der Waals surface area (Å²) in [7, 11) is 0. The molecule has 0 aliphatic heterocycles. The van der Waals surface area contributed by atoms with Gasteiger partial charge in [-0.25, -0.2) is 0 Å². The highest BCUT2D eigenvalue weighted by molar-refractivity contribution is 6.69. The van der Waals surface area contributed by atoms with E-state index < -0.39 is 20.2 Å². The molecule has 10 heteroatoms. The Morgan fingerprint density at radius 1 is 1.07 bits per heavy atom. The van der Waals surface area contributed by atoms with Gasteiger partial charge >= 0.3 is 0 Å². The van der Waals surface area contributed by atoms with Crippen molar-refractivity contribution >= 4 is 80.9 Å². The number of carbonyl (C=O) groups excluding carboxylic acids is 2. The van der Waals surface area contributed by atoms with Crippen molar-refractivity contribution in [1.82, 2.24) is 5.43 Å². The van der Waals surface area contributed by atoms with Gasteiger partial charge in [0.25, 0.3) is 5.24 Å². The number of hydrazine groups is 1. The van der Waals surface area contributed by atoms with Crippen LogP contribution in [0.1, 0.15) is 31.1 Å². The lowest BCUT2D eigenvalue weighted by atomic mass is 10.1. The SMILES string of the molecule is CC(C)(C)NN.Cl.O=C(Cl)C1=CC=CC(Cl)(Cl)C1Cl.O=C(Cl)c1ccccc1. The molecule has 0 amide bonds. The number of alkyl halides is 3. The normalized spacial score (nSPS) is 16.9. The number of benzene rings is 1. The van der Waals surface area contributed by atoms with Crippen LogP contribution in [0, 0.1) is 0 Å². The van der Waals surface area contributed by atoms with Crippen LogP contribution in [0.5, 0.6) is 0 Å². The number of halogens is 6. The third-order valence-corrected chi connectivity index (χ3v) is 4.79. The van der Waals surface area contributed by atoms with E-state index in [9.17, 15) is 9.59 Å². The van der Waals surface area contributed by atoms with Crippen molar-refractivity contribution in [2.24, 2.45) is 5.84 Å². The quantitative estimate of drug-likeness (QED) is 0.229. The van der Waals surface area contributed by atoms with Crippen molar-refractivity contribution in [2.75, 3.05) is 0 Å². The van der Waals surface area contributed by atoms with Crippen LogP contribution in [0.4, 0.5) is 0 Å². The van der Waals surface area contributed by atoms with Gasteiger partial charge in [-0.1, -0.05) is 65.7 Å². The second-order valence-electron chi connectivity index (χ2n) is 6.33. The van der Waals surface area contributed by atoms with E-state index in [-0.39, 0.29) is 23.5 Å². The molecule has 1 atom stereocenters. The first-order chi connectivity index (χ1) is 12.3. The zero-order chi connectivity index (χ0) is 21.3. The Bertz CT molecular complexity index is 685. The van der Waals surface area contributed by atoms with Crippen LogP contribution < -0.4 is 11.3 Å². The first kappa shape index (κ1) is 29.9. The van der Waals surface area contributed by atoms with Gasteiger partial charge in [-0.05, 0) is 50.0 Å². The first-order valence-corrected chi connectivity index (χ1v) is 9.60. The summed E-state index contributed by atoms with van der Waals surface area (Å²) in [5.41, 5.74) is 3.43. The first-order valence-electron chi connectivity index (χ1n) is 7.65. The summed E-state index contributed by atoms with van der Waals surface area (Å²) in [6.45, 7) is 6.02. The van der Waals surface area contributed by atoms with Crippen LogP contribution in [0.25, 0.3) is 0 Å². The minimum Gasteiger partial charge on any atom is -0.276 e. The van der Waals surface area contributed by atoms with Gasteiger partial charge in [-0.3, -0.25) is 20.9 Å². The summed E-state index contributed by atoms with van der Waals surface area (Å²) < 4.78 is -1.25. The van der Waals surface area contributed by atoms with Gasteiger partial charge in [0, 0.05) is 16.7 Å². The van der Waals surface area contributed by atoms with E-state index in [0.717, 1.165) is 0 Å². The Balaban J connectivity index is 0. The molecule has 0 aromatic heterocycles. The molecule has 3 N–H and O–H groups in total. The molecule has 0 heterocycles. The molecular weight excluding hydrogens is 489 g/mol. The molecule has 1 aliphatic carbocycles.